The van der Waals surface area contributed by atoms with E-state index in [4.69, 9.17) is 16.0 Å². The fourth-order valence-electron chi connectivity index (χ4n) is 1.09. The Morgan fingerprint density at radius 1 is 1.33 bits per heavy atom. The first-order valence-corrected chi connectivity index (χ1v) is 9.64. The number of carbonyl (C=O) groups excluding carboxylic acids is 1. The Morgan fingerprint density at radius 3 is 2.33 bits per heavy atom. The van der Waals surface area contributed by atoms with Crippen LogP contribution < -0.4 is 0 Å². The number of alkyl halides is 1. The lowest BCUT2D eigenvalue weighted by atomic mass is 10.2. The molecule has 0 aromatic rings. The van der Waals surface area contributed by atoms with Crippen LogP contribution in [0.1, 0.15) is 27.2 Å². The van der Waals surface area contributed by atoms with E-state index in [0.717, 1.165) is 6.42 Å². The van der Waals surface area contributed by atoms with Crippen molar-refractivity contribution >= 4 is 26.0 Å². The maximum Gasteiger partial charge on any atom is 0.410 e. The van der Waals surface area contributed by atoms with Crippen molar-refractivity contribution in [3.05, 3.63) is 0 Å². The molecule has 0 aromatic heterocycles. The third-order valence-corrected chi connectivity index (χ3v) is 8.04. The maximum absolute atomic E-state index is 11.3. The van der Waals surface area contributed by atoms with Crippen LogP contribution in [0.25, 0.3) is 0 Å². The van der Waals surface area contributed by atoms with Crippen LogP contribution in [0.3, 0.4) is 0 Å². The molecule has 0 bridgehead atoms. The van der Waals surface area contributed by atoms with Crippen LogP contribution in [-0.2, 0) is 9.16 Å². The van der Waals surface area contributed by atoms with E-state index >= 15 is 0 Å². The van der Waals surface area contributed by atoms with E-state index < -0.39 is 14.4 Å². The van der Waals surface area contributed by atoms with Gasteiger partial charge < -0.3 is 14.1 Å². The van der Waals surface area contributed by atoms with Gasteiger partial charge in [-0.05, 0) is 24.6 Å². The number of hydrogen-bond donors (Lipinski definition) is 0. The number of amides is 1. The standard InChI is InChI=1S/C12H26ClNO3Si/c1-12(2,3)18(5,6)17-9-7-8-14(4)11(15)16-10-13/h7-10H2,1-6H3. The van der Waals surface area contributed by atoms with Gasteiger partial charge in [-0.1, -0.05) is 32.4 Å². The highest BCUT2D eigenvalue weighted by molar-refractivity contribution is 6.74. The number of carbonyl (C=O) groups is 1. The van der Waals surface area contributed by atoms with E-state index in [-0.39, 0.29) is 11.1 Å². The molecule has 0 fully saturated rings. The van der Waals surface area contributed by atoms with E-state index in [0.29, 0.717) is 13.2 Å². The summed E-state index contributed by atoms with van der Waals surface area (Å²) in [4.78, 5) is 12.8. The first-order chi connectivity index (χ1) is 8.12. The van der Waals surface area contributed by atoms with Crippen molar-refractivity contribution < 1.29 is 14.0 Å². The quantitative estimate of drug-likeness (QED) is 0.426. The lowest BCUT2D eigenvalue weighted by Gasteiger charge is -2.36. The number of hydrogen-bond acceptors (Lipinski definition) is 3. The monoisotopic (exact) mass is 295 g/mol. The SMILES string of the molecule is CN(CCCO[Si](C)(C)C(C)(C)C)C(=O)OCCl. The van der Waals surface area contributed by atoms with Gasteiger partial charge >= 0.3 is 6.09 Å². The minimum atomic E-state index is -1.68. The van der Waals surface area contributed by atoms with Crippen molar-refractivity contribution in [3.8, 4) is 0 Å². The van der Waals surface area contributed by atoms with E-state index in [1.54, 1.807) is 7.05 Å². The second kappa shape index (κ2) is 7.36. The molecule has 1 amide bonds. The smallest absolute Gasteiger partial charge is 0.410 e. The summed E-state index contributed by atoms with van der Waals surface area (Å²) in [7, 11) is 0.0206. The van der Waals surface area contributed by atoms with Crippen molar-refractivity contribution in [3.63, 3.8) is 0 Å². The molecule has 6 heteroatoms. The lowest BCUT2D eigenvalue weighted by Crippen LogP contribution is -2.41. The summed E-state index contributed by atoms with van der Waals surface area (Å²) >= 11 is 5.32. The number of rotatable bonds is 6. The molecule has 0 rings (SSSR count). The van der Waals surface area contributed by atoms with Gasteiger partial charge in [-0.2, -0.15) is 0 Å². The summed E-state index contributed by atoms with van der Waals surface area (Å²) in [6.07, 6.45) is 0.415. The zero-order valence-corrected chi connectivity index (χ0v) is 14.1. The summed E-state index contributed by atoms with van der Waals surface area (Å²) in [5, 5.41) is 0.219. The topological polar surface area (TPSA) is 38.8 Å². The van der Waals surface area contributed by atoms with Crippen molar-refractivity contribution in [1.29, 1.82) is 0 Å². The molecule has 0 saturated heterocycles. The van der Waals surface area contributed by atoms with Crippen molar-refractivity contribution in [2.45, 2.75) is 45.3 Å². The Kier molecular flexibility index (Phi) is 7.25. The lowest BCUT2D eigenvalue weighted by molar-refractivity contribution is 0.124. The summed E-state index contributed by atoms with van der Waals surface area (Å²) in [6, 6.07) is -0.107. The van der Waals surface area contributed by atoms with E-state index in [1.165, 1.54) is 4.90 Å². The molecule has 0 N–H and O–H groups in total. The van der Waals surface area contributed by atoms with Gasteiger partial charge in [-0.25, -0.2) is 4.79 Å². The normalized spacial score (nSPS) is 12.4. The minimum absolute atomic E-state index is 0.107. The largest absolute Gasteiger partial charge is 0.433 e. The average molecular weight is 296 g/mol. The summed E-state index contributed by atoms with van der Waals surface area (Å²) in [5.41, 5.74) is 0. The molecule has 0 unspecified atom stereocenters. The molecule has 0 aliphatic rings. The Labute approximate surface area is 117 Å². The molecule has 108 valence electrons. The highest BCUT2D eigenvalue weighted by Gasteiger charge is 2.36. The Balaban J connectivity index is 3.90. The van der Waals surface area contributed by atoms with Crippen molar-refractivity contribution in [2.24, 2.45) is 0 Å². The van der Waals surface area contributed by atoms with Gasteiger partial charge in [-0.15, -0.1) is 0 Å². The van der Waals surface area contributed by atoms with Crippen LogP contribution in [0.2, 0.25) is 18.1 Å². The third kappa shape index (κ3) is 6.07. The summed E-state index contributed by atoms with van der Waals surface area (Å²) < 4.78 is 10.7. The highest BCUT2D eigenvalue weighted by Crippen LogP contribution is 2.36. The first-order valence-electron chi connectivity index (χ1n) is 6.19. The predicted molar refractivity (Wildman–Crippen MR) is 77.6 cm³/mol. The predicted octanol–water partition coefficient (Wildman–Crippen LogP) is 3.66. The summed E-state index contributed by atoms with van der Waals surface area (Å²) in [5.74, 6) is 0. The van der Waals surface area contributed by atoms with E-state index in [2.05, 4.69) is 38.6 Å². The van der Waals surface area contributed by atoms with Crippen LogP contribution in [0.5, 0.6) is 0 Å². The first kappa shape index (κ1) is 17.7. The summed E-state index contributed by atoms with van der Waals surface area (Å²) in [6.45, 7) is 12.4. The zero-order valence-electron chi connectivity index (χ0n) is 12.4. The van der Waals surface area contributed by atoms with Gasteiger partial charge in [0.05, 0.1) is 0 Å². The molecule has 0 atom stereocenters. The number of halogens is 1. The van der Waals surface area contributed by atoms with E-state index in [9.17, 15) is 4.79 Å². The molecule has 0 heterocycles. The molecule has 4 nitrogen and oxygen atoms in total. The molecule has 0 aromatic carbocycles. The van der Waals surface area contributed by atoms with Gasteiger partial charge in [-0.3, -0.25) is 0 Å². The Hall–Kier alpha value is -0.263. The molecule has 0 radical (unpaired) electrons. The van der Waals surface area contributed by atoms with Gasteiger partial charge in [0.2, 0.25) is 0 Å². The maximum atomic E-state index is 11.3. The Bertz CT molecular complexity index is 267. The number of ether oxygens (including phenoxy) is 1. The zero-order chi connectivity index (χ0) is 14.4. The van der Waals surface area contributed by atoms with Gasteiger partial charge in [0.1, 0.15) is 0 Å². The molecular formula is C12H26ClNO3Si. The van der Waals surface area contributed by atoms with Crippen LogP contribution >= 0.6 is 11.6 Å². The van der Waals surface area contributed by atoms with Crippen LogP contribution in [0.15, 0.2) is 0 Å². The third-order valence-electron chi connectivity index (χ3n) is 3.40. The van der Waals surface area contributed by atoms with Crippen molar-refractivity contribution in [1.82, 2.24) is 4.90 Å². The van der Waals surface area contributed by atoms with Gasteiger partial charge in [0, 0.05) is 20.2 Å². The molecule has 0 aliphatic heterocycles. The second-order valence-electron chi connectivity index (χ2n) is 5.90. The Morgan fingerprint density at radius 2 is 1.89 bits per heavy atom. The van der Waals surface area contributed by atoms with Gasteiger partial charge in [0.15, 0.2) is 14.4 Å². The molecule has 0 saturated carbocycles. The van der Waals surface area contributed by atoms with Gasteiger partial charge in [0.25, 0.3) is 0 Å². The minimum Gasteiger partial charge on any atom is -0.433 e. The molecule has 0 aliphatic carbocycles. The molecule has 18 heavy (non-hydrogen) atoms. The average Bonchev–Trinajstić information content (AvgIpc) is 2.22. The number of nitrogens with zero attached hydrogens (tertiary/aromatic N) is 1. The van der Waals surface area contributed by atoms with Crippen molar-refractivity contribution in [2.75, 3.05) is 26.3 Å². The molecule has 0 spiro atoms. The van der Waals surface area contributed by atoms with E-state index in [1.807, 2.05) is 0 Å². The van der Waals surface area contributed by atoms with Crippen LogP contribution in [-0.4, -0.2) is 45.6 Å². The highest BCUT2D eigenvalue weighted by atomic mass is 35.5. The second-order valence-corrected chi connectivity index (χ2v) is 10.9. The van der Waals surface area contributed by atoms with Crippen LogP contribution in [0, 0.1) is 0 Å². The fourth-order valence-corrected chi connectivity index (χ4v) is 2.27. The van der Waals surface area contributed by atoms with Crippen LogP contribution in [0.4, 0.5) is 4.79 Å². The molecular weight excluding hydrogens is 270 g/mol. The fraction of sp³-hybridized carbons (Fsp3) is 0.917.